The molecule has 2 rings (SSSR count). The number of hydrogen-bond acceptors (Lipinski definition) is 5. The predicted octanol–water partition coefficient (Wildman–Crippen LogP) is 1.92. The van der Waals surface area contributed by atoms with Crippen molar-refractivity contribution in [2.75, 3.05) is 13.7 Å². The number of nitrogens with zero attached hydrogens (tertiary/aromatic N) is 2. The quantitative estimate of drug-likeness (QED) is 0.647. The molecule has 2 heterocycles. The minimum Gasteiger partial charge on any atom is -0.492 e. The van der Waals surface area contributed by atoms with E-state index in [4.69, 9.17) is 9.47 Å². The van der Waals surface area contributed by atoms with Crippen molar-refractivity contribution in [3.05, 3.63) is 18.0 Å². The van der Waals surface area contributed by atoms with Crippen molar-refractivity contribution in [3.63, 3.8) is 0 Å². The van der Waals surface area contributed by atoms with E-state index in [9.17, 15) is 4.79 Å². The van der Waals surface area contributed by atoms with Crippen molar-refractivity contribution in [2.24, 2.45) is 0 Å². The highest BCUT2D eigenvalue weighted by molar-refractivity contribution is 5.98. The molecule has 1 N–H and O–H groups in total. The van der Waals surface area contributed by atoms with Crippen LogP contribution in [0.5, 0.6) is 5.75 Å². The Hall–Kier alpha value is -2.11. The number of nitrogens with one attached hydrogen (secondary N) is 1. The van der Waals surface area contributed by atoms with Gasteiger partial charge in [-0.1, -0.05) is 13.3 Å². The molecule has 0 aliphatic carbocycles. The lowest BCUT2D eigenvalue weighted by atomic mass is 10.2. The van der Waals surface area contributed by atoms with Gasteiger partial charge in [0.2, 0.25) is 0 Å². The highest BCUT2D eigenvalue weighted by atomic mass is 16.5. The number of hydrogen-bond donors (Lipinski definition) is 1. The largest absolute Gasteiger partial charge is 0.492 e. The molecule has 0 aliphatic heterocycles. The molecule has 96 valence electrons. The van der Waals surface area contributed by atoms with Crippen LogP contribution in [0.4, 0.5) is 0 Å². The van der Waals surface area contributed by atoms with E-state index >= 15 is 0 Å². The second kappa shape index (κ2) is 5.48. The fourth-order valence-corrected chi connectivity index (χ4v) is 1.61. The number of aromatic amines is 1. The van der Waals surface area contributed by atoms with Crippen LogP contribution in [0.2, 0.25) is 0 Å². The monoisotopic (exact) mass is 249 g/mol. The van der Waals surface area contributed by atoms with Gasteiger partial charge in [0.1, 0.15) is 11.3 Å². The number of carbonyl (C=O) groups is 1. The maximum Gasteiger partial charge on any atom is 0.343 e. The molecule has 6 nitrogen and oxygen atoms in total. The third-order valence-corrected chi connectivity index (χ3v) is 2.58. The topological polar surface area (TPSA) is 77.1 Å². The highest BCUT2D eigenvalue weighted by Gasteiger charge is 2.18. The number of carbonyl (C=O) groups excluding carboxylic acids is 1. The fourth-order valence-electron chi connectivity index (χ4n) is 1.61. The van der Waals surface area contributed by atoms with Gasteiger partial charge in [-0.2, -0.15) is 5.10 Å². The van der Waals surface area contributed by atoms with E-state index in [0.29, 0.717) is 29.0 Å². The van der Waals surface area contributed by atoms with E-state index in [-0.39, 0.29) is 0 Å². The minimum atomic E-state index is -0.461. The van der Waals surface area contributed by atoms with E-state index in [1.165, 1.54) is 13.3 Å². The maximum atomic E-state index is 11.7. The van der Waals surface area contributed by atoms with Crippen LogP contribution in [0, 0.1) is 0 Å². The Labute approximate surface area is 104 Å². The zero-order valence-corrected chi connectivity index (χ0v) is 10.4. The summed E-state index contributed by atoms with van der Waals surface area (Å²) < 4.78 is 10.4. The van der Waals surface area contributed by atoms with E-state index in [2.05, 4.69) is 22.1 Å². The summed E-state index contributed by atoms with van der Waals surface area (Å²) in [6, 6.07) is 0. The van der Waals surface area contributed by atoms with Gasteiger partial charge in [-0.05, 0) is 6.42 Å². The molecule has 18 heavy (non-hydrogen) atoms. The first kappa shape index (κ1) is 12.3. The van der Waals surface area contributed by atoms with Crippen molar-refractivity contribution < 1.29 is 14.3 Å². The summed E-state index contributed by atoms with van der Waals surface area (Å²) in [5.41, 5.74) is 0.844. The summed E-state index contributed by atoms with van der Waals surface area (Å²) in [5, 5.41) is 7.36. The number of methoxy groups -OCH3 is 1. The van der Waals surface area contributed by atoms with Gasteiger partial charge in [-0.25, -0.2) is 9.78 Å². The molecule has 2 aromatic heterocycles. The summed E-state index contributed by atoms with van der Waals surface area (Å²) in [5.74, 6) is 0.0196. The minimum absolute atomic E-state index is 0.322. The van der Waals surface area contributed by atoms with Crippen LogP contribution >= 0.6 is 0 Å². The zero-order chi connectivity index (χ0) is 13.0. The normalized spacial score (nSPS) is 10.6. The first-order valence-corrected chi connectivity index (χ1v) is 5.81. The molecule has 0 saturated carbocycles. The molecular weight excluding hydrogens is 234 g/mol. The Bertz CT molecular complexity index is 550. The van der Waals surface area contributed by atoms with Gasteiger partial charge in [-0.15, -0.1) is 0 Å². The van der Waals surface area contributed by atoms with Crippen LogP contribution < -0.4 is 4.74 Å². The summed E-state index contributed by atoms with van der Waals surface area (Å²) in [6.07, 6.45) is 5.03. The lowest BCUT2D eigenvalue weighted by Gasteiger charge is -2.10. The second-order valence-corrected chi connectivity index (χ2v) is 3.82. The maximum absolute atomic E-state index is 11.7. The highest BCUT2D eigenvalue weighted by Crippen LogP contribution is 2.27. The lowest BCUT2D eigenvalue weighted by molar-refractivity contribution is 0.0596. The Balaban J connectivity index is 2.41. The number of esters is 1. The molecule has 2 aromatic rings. The Morgan fingerprint density at radius 1 is 1.50 bits per heavy atom. The average Bonchev–Trinajstić information content (AvgIpc) is 2.86. The fraction of sp³-hybridized carbons (Fsp3) is 0.417. The molecule has 0 aromatic carbocycles. The summed E-state index contributed by atoms with van der Waals surface area (Å²) in [6.45, 7) is 2.62. The van der Waals surface area contributed by atoms with Gasteiger partial charge < -0.3 is 9.47 Å². The molecular formula is C12H15N3O3. The van der Waals surface area contributed by atoms with Crippen LogP contribution in [0.3, 0.4) is 0 Å². The van der Waals surface area contributed by atoms with Crippen molar-refractivity contribution >= 4 is 17.0 Å². The van der Waals surface area contributed by atoms with Crippen LogP contribution in [-0.2, 0) is 4.74 Å². The van der Waals surface area contributed by atoms with E-state index in [0.717, 1.165) is 12.8 Å². The molecule has 0 radical (unpaired) electrons. The Morgan fingerprint density at radius 2 is 2.33 bits per heavy atom. The van der Waals surface area contributed by atoms with Crippen LogP contribution in [0.25, 0.3) is 11.0 Å². The van der Waals surface area contributed by atoms with Crippen molar-refractivity contribution in [1.82, 2.24) is 15.2 Å². The third-order valence-electron chi connectivity index (χ3n) is 2.58. The van der Waals surface area contributed by atoms with Crippen LogP contribution in [0.1, 0.15) is 30.1 Å². The summed E-state index contributed by atoms with van der Waals surface area (Å²) >= 11 is 0. The molecule has 0 spiro atoms. The van der Waals surface area contributed by atoms with Gasteiger partial charge in [0.15, 0.2) is 5.65 Å². The summed E-state index contributed by atoms with van der Waals surface area (Å²) in [4.78, 5) is 15.7. The molecule has 0 aliphatic rings. The first-order valence-electron chi connectivity index (χ1n) is 5.81. The van der Waals surface area contributed by atoms with E-state index in [1.54, 1.807) is 6.20 Å². The molecule has 0 fully saturated rings. The summed E-state index contributed by atoms with van der Waals surface area (Å²) in [7, 11) is 1.33. The standard InChI is InChI=1S/C12H15N3O3/c1-3-4-5-18-10-8-7-14-15-11(8)13-6-9(10)12(16)17-2/h6-7H,3-5H2,1-2H3,(H,13,14,15). The van der Waals surface area contributed by atoms with Crippen molar-refractivity contribution in [3.8, 4) is 5.75 Å². The van der Waals surface area contributed by atoms with Gasteiger partial charge in [0, 0.05) is 12.4 Å². The number of rotatable bonds is 5. The number of ether oxygens (including phenoxy) is 2. The molecule has 0 atom stereocenters. The molecule has 6 heteroatoms. The Kier molecular flexibility index (Phi) is 3.76. The van der Waals surface area contributed by atoms with E-state index in [1.807, 2.05) is 0 Å². The molecule has 0 saturated heterocycles. The number of H-pyrrole nitrogens is 1. The molecule has 0 amide bonds. The van der Waals surface area contributed by atoms with Crippen molar-refractivity contribution in [2.45, 2.75) is 19.8 Å². The number of aromatic nitrogens is 3. The van der Waals surface area contributed by atoms with Gasteiger partial charge in [0.25, 0.3) is 0 Å². The van der Waals surface area contributed by atoms with Crippen LogP contribution in [0.15, 0.2) is 12.4 Å². The van der Waals surface area contributed by atoms with E-state index < -0.39 is 5.97 Å². The zero-order valence-electron chi connectivity index (χ0n) is 10.4. The predicted molar refractivity (Wildman–Crippen MR) is 65.6 cm³/mol. The third kappa shape index (κ3) is 2.27. The second-order valence-electron chi connectivity index (χ2n) is 3.82. The number of unbranched alkanes of at least 4 members (excludes halogenated alkanes) is 1. The van der Waals surface area contributed by atoms with Gasteiger partial charge in [-0.3, -0.25) is 5.10 Å². The molecule has 0 unspecified atom stereocenters. The molecule has 0 bridgehead atoms. The number of fused-ring (bicyclic) bond motifs is 1. The lowest BCUT2D eigenvalue weighted by Crippen LogP contribution is -2.07. The van der Waals surface area contributed by atoms with Gasteiger partial charge >= 0.3 is 5.97 Å². The average molecular weight is 249 g/mol. The Morgan fingerprint density at radius 3 is 3.06 bits per heavy atom. The first-order chi connectivity index (χ1) is 8.77. The SMILES string of the molecule is CCCCOc1c(C(=O)OC)cnc2n[nH]cc12. The van der Waals surface area contributed by atoms with Crippen LogP contribution in [-0.4, -0.2) is 34.9 Å². The van der Waals surface area contributed by atoms with Gasteiger partial charge in [0.05, 0.1) is 19.1 Å². The smallest absolute Gasteiger partial charge is 0.343 e. The number of pyridine rings is 1. The van der Waals surface area contributed by atoms with Crippen molar-refractivity contribution in [1.29, 1.82) is 0 Å².